The van der Waals surface area contributed by atoms with Crippen molar-refractivity contribution in [1.82, 2.24) is 4.90 Å². The maximum Gasteiger partial charge on any atom is 0.106 e. The molecule has 3 heteroatoms. The first-order chi connectivity index (χ1) is 8.00. The third kappa shape index (κ3) is 1.50. The van der Waals surface area contributed by atoms with Gasteiger partial charge in [0.15, 0.2) is 0 Å². The summed E-state index contributed by atoms with van der Waals surface area (Å²) in [6.07, 6.45) is 2.29. The van der Waals surface area contributed by atoms with Crippen LogP contribution in [0.15, 0.2) is 17.1 Å². The zero-order valence-electron chi connectivity index (χ0n) is 10.5. The molecule has 0 bridgehead atoms. The van der Waals surface area contributed by atoms with Gasteiger partial charge in [0.25, 0.3) is 0 Å². The predicted octanol–water partition coefficient (Wildman–Crippen LogP) is 4.02. The highest BCUT2D eigenvalue weighted by atomic mass is 35.5. The molecule has 0 spiro atoms. The Hall–Kier alpha value is -1.02. The van der Waals surface area contributed by atoms with E-state index in [4.69, 9.17) is 16.6 Å². The van der Waals surface area contributed by atoms with Gasteiger partial charge in [-0.3, -0.25) is 0 Å². The largest absolute Gasteiger partial charge is 0.351 e. The zero-order valence-corrected chi connectivity index (χ0v) is 11.3. The fourth-order valence-corrected chi connectivity index (χ4v) is 3.57. The van der Waals surface area contributed by atoms with E-state index in [9.17, 15) is 0 Å². The van der Waals surface area contributed by atoms with Gasteiger partial charge >= 0.3 is 0 Å². The highest BCUT2D eigenvalue weighted by molar-refractivity contribution is 6.32. The maximum absolute atomic E-state index is 6.43. The molecule has 2 aliphatic heterocycles. The Labute approximate surface area is 107 Å². The highest BCUT2D eigenvalue weighted by Crippen LogP contribution is 2.45. The van der Waals surface area contributed by atoms with Crippen LogP contribution in [-0.4, -0.2) is 17.3 Å². The van der Waals surface area contributed by atoms with Gasteiger partial charge in [-0.1, -0.05) is 11.6 Å². The van der Waals surface area contributed by atoms with E-state index in [1.807, 2.05) is 6.07 Å². The first-order valence-corrected chi connectivity index (χ1v) is 6.54. The standard InChI is InChI=1S/C14H17ClN2/c1-9-7-10(15)13-11(8-9)16-12-5-4-6-17(12)14(13,2)3/h7-8H,4-6H2,1-3H3. The van der Waals surface area contributed by atoms with Gasteiger partial charge in [-0.05, 0) is 44.9 Å². The lowest BCUT2D eigenvalue weighted by Crippen LogP contribution is -2.44. The van der Waals surface area contributed by atoms with Crippen LogP contribution in [0.4, 0.5) is 5.69 Å². The number of benzene rings is 1. The molecule has 2 aliphatic rings. The first-order valence-electron chi connectivity index (χ1n) is 6.16. The fourth-order valence-electron chi connectivity index (χ4n) is 3.07. The van der Waals surface area contributed by atoms with Gasteiger partial charge in [0.2, 0.25) is 0 Å². The Bertz CT molecular complexity index is 517. The van der Waals surface area contributed by atoms with Crippen LogP contribution in [0.25, 0.3) is 0 Å². The summed E-state index contributed by atoms with van der Waals surface area (Å²) in [6.45, 7) is 7.65. The zero-order chi connectivity index (χ0) is 12.2. The summed E-state index contributed by atoms with van der Waals surface area (Å²) in [5.41, 5.74) is 3.39. The molecular weight excluding hydrogens is 232 g/mol. The molecular formula is C14H17ClN2. The van der Waals surface area contributed by atoms with Gasteiger partial charge in [0, 0.05) is 23.6 Å². The lowest BCUT2D eigenvalue weighted by molar-refractivity contribution is 0.230. The second kappa shape index (κ2) is 3.49. The molecule has 0 N–H and O–H groups in total. The van der Waals surface area contributed by atoms with Crippen molar-refractivity contribution >= 4 is 23.1 Å². The molecule has 0 amide bonds. The van der Waals surface area contributed by atoms with Crippen LogP contribution in [0.3, 0.4) is 0 Å². The molecule has 0 unspecified atom stereocenters. The molecule has 0 aliphatic carbocycles. The molecule has 0 saturated carbocycles. The van der Waals surface area contributed by atoms with Crippen molar-refractivity contribution in [3.63, 3.8) is 0 Å². The first kappa shape index (κ1) is 11.1. The molecule has 1 aromatic rings. The van der Waals surface area contributed by atoms with Crippen molar-refractivity contribution in [2.45, 2.75) is 39.2 Å². The number of hydrogen-bond acceptors (Lipinski definition) is 2. The number of nitrogens with zero attached hydrogens (tertiary/aromatic N) is 2. The van der Waals surface area contributed by atoms with E-state index in [0.717, 1.165) is 23.7 Å². The Morgan fingerprint density at radius 3 is 2.88 bits per heavy atom. The number of halogens is 1. The van der Waals surface area contributed by atoms with Crippen molar-refractivity contribution in [2.24, 2.45) is 4.99 Å². The van der Waals surface area contributed by atoms with E-state index in [1.54, 1.807) is 0 Å². The quantitative estimate of drug-likeness (QED) is 0.677. The number of aryl methyl sites for hydroxylation is 1. The second-order valence-corrected chi connectivity index (χ2v) is 5.89. The Morgan fingerprint density at radius 2 is 2.12 bits per heavy atom. The molecule has 2 nitrogen and oxygen atoms in total. The van der Waals surface area contributed by atoms with Crippen molar-refractivity contribution in [1.29, 1.82) is 0 Å². The van der Waals surface area contributed by atoms with Crippen LogP contribution < -0.4 is 0 Å². The van der Waals surface area contributed by atoms with Gasteiger partial charge in [0.05, 0.1) is 11.2 Å². The molecule has 90 valence electrons. The summed E-state index contributed by atoms with van der Waals surface area (Å²) < 4.78 is 0. The number of rotatable bonds is 0. The molecule has 1 fully saturated rings. The summed E-state index contributed by atoms with van der Waals surface area (Å²) >= 11 is 6.43. The van der Waals surface area contributed by atoms with Crippen LogP contribution in [0, 0.1) is 6.92 Å². The third-order valence-corrected chi connectivity index (χ3v) is 4.14. The molecule has 1 saturated heterocycles. The summed E-state index contributed by atoms with van der Waals surface area (Å²) in [5, 5.41) is 0.847. The van der Waals surface area contributed by atoms with Gasteiger partial charge in [-0.15, -0.1) is 0 Å². The van der Waals surface area contributed by atoms with E-state index in [2.05, 4.69) is 31.7 Å². The lowest BCUT2D eigenvalue weighted by atomic mass is 9.88. The predicted molar refractivity (Wildman–Crippen MR) is 72.3 cm³/mol. The van der Waals surface area contributed by atoms with E-state index >= 15 is 0 Å². The van der Waals surface area contributed by atoms with E-state index < -0.39 is 0 Å². The van der Waals surface area contributed by atoms with Crippen LogP contribution in [0.5, 0.6) is 0 Å². The van der Waals surface area contributed by atoms with E-state index in [0.29, 0.717) is 0 Å². The molecule has 17 heavy (non-hydrogen) atoms. The van der Waals surface area contributed by atoms with Crippen molar-refractivity contribution in [2.75, 3.05) is 6.54 Å². The SMILES string of the molecule is Cc1cc(Cl)c2c(c1)N=C1CCCN1C2(C)C. The van der Waals surface area contributed by atoms with Crippen LogP contribution in [-0.2, 0) is 5.54 Å². The van der Waals surface area contributed by atoms with Crippen molar-refractivity contribution in [3.05, 3.63) is 28.3 Å². The lowest BCUT2D eigenvalue weighted by Gasteiger charge is -2.42. The normalized spacial score (nSPS) is 20.9. The molecule has 0 radical (unpaired) electrons. The van der Waals surface area contributed by atoms with Crippen LogP contribution >= 0.6 is 11.6 Å². The van der Waals surface area contributed by atoms with Crippen molar-refractivity contribution < 1.29 is 0 Å². The number of amidine groups is 1. The minimum atomic E-state index is -0.0340. The fraction of sp³-hybridized carbons (Fsp3) is 0.500. The Morgan fingerprint density at radius 1 is 1.35 bits per heavy atom. The average Bonchev–Trinajstić information content (AvgIpc) is 2.64. The minimum absolute atomic E-state index is 0.0340. The monoisotopic (exact) mass is 248 g/mol. The maximum atomic E-state index is 6.43. The van der Waals surface area contributed by atoms with Crippen LogP contribution in [0.1, 0.15) is 37.8 Å². The van der Waals surface area contributed by atoms with E-state index in [1.165, 1.54) is 23.4 Å². The second-order valence-electron chi connectivity index (χ2n) is 5.48. The summed E-state index contributed by atoms with van der Waals surface area (Å²) in [6, 6.07) is 4.18. The highest BCUT2D eigenvalue weighted by Gasteiger charge is 2.40. The smallest absolute Gasteiger partial charge is 0.106 e. The Kier molecular flexibility index (Phi) is 2.27. The van der Waals surface area contributed by atoms with E-state index in [-0.39, 0.29) is 5.54 Å². The van der Waals surface area contributed by atoms with Gasteiger partial charge < -0.3 is 4.90 Å². The average molecular weight is 249 g/mol. The number of fused-ring (bicyclic) bond motifs is 2. The summed E-state index contributed by atoms with van der Waals surface area (Å²) in [5.74, 6) is 1.23. The van der Waals surface area contributed by atoms with Gasteiger partial charge in [-0.25, -0.2) is 4.99 Å². The van der Waals surface area contributed by atoms with Crippen molar-refractivity contribution in [3.8, 4) is 0 Å². The third-order valence-electron chi connectivity index (χ3n) is 3.84. The number of aliphatic imine (C=N–C) groups is 1. The molecule has 2 heterocycles. The Balaban J connectivity index is 2.28. The summed E-state index contributed by atoms with van der Waals surface area (Å²) in [4.78, 5) is 7.18. The van der Waals surface area contributed by atoms with Crippen LogP contribution in [0.2, 0.25) is 5.02 Å². The molecule has 3 rings (SSSR count). The minimum Gasteiger partial charge on any atom is -0.351 e. The van der Waals surface area contributed by atoms with Gasteiger partial charge in [-0.2, -0.15) is 0 Å². The van der Waals surface area contributed by atoms with Gasteiger partial charge in [0.1, 0.15) is 5.84 Å². The molecule has 1 aromatic carbocycles. The number of hydrogen-bond donors (Lipinski definition) is 0. The molecule has 0 atom stereocenters. The summed E-state index contributed by atoms with van der Waals surface area (Å²) in [7, 11) is 0. The molecule has 0 aromatic heterocycles. The topological polar surface area (TPSA) is 15.6 Å².